The van der Waals surface area contributed by atoms with E-state index in [0.29, 0.717) is 31.0 Å². The molecule has 0 spiro atoms. The Hall–Kier alpha value is -2.25. The van der Waals surface area contributed by atoms with Crippen LogP contribution in [0.2, 0.25) is 0 Å². The highest BCUT2D eigenvalue weighted by Crippen LogP contribution is 2.11. The zero-order valence-electron chi connectivity index (χ0n) is 14.8. The lowest BCUT2D eigenvalue weighted by molar-refractivity contribution is -0.133. The van der Waals surface area contributed by atoms with E-state index in [9.17, 15) is 14.4 Å². The summed E-state index contributed by atoms with van der Waals surface area (Å²) in [7, 11) is 0. The summed E-state index contributed by atoms with van der Waals surface area (Å²) in [6, 6.07) is 6.76. The third-order valence-electron chi connectivity index (χ3n) is 4.12. The van der Waals surface area contributed by atoms with E-state index in [1.54, 1.807) is 24.3 Å². The Labute approximate surface area is 147 Å². The number of morpholine rings is 1. The molecular formula is C18H25N3O4. The molecule has 7 heteroatoms. The number of hydrogen-bond acceptors (Lipinski definition) is 5. The van der Waals surface area contributed by atoms with Crippen molar-refractivity contribution in [3.63, 3.8) is 0 Å². The Morgan fingerprint density at radius 2 is 1.92 bits per heavy atom. The maximum atomic E-state index is 12.2. The lowest BCUT2D eigenvalue weighted by Gasteiger charge is -2.29. The summed E-state index contributed by atoms with van der Waals surface area (Å²) in [6.45, 7) is 7.23. The minimum Gasteiger partial charge on any atom is -0.379 e. The van der Waals surface area contributed by atoms with E-state index in [4.69, 9.17) is 4.74 Å². The van der Waals surface area contributed by atoms with Gasteiger partial charge < -0.3 is 15.0 Å². The van der Waals surface area contributed by atoms with E-state index >= 15 is 0 Å². The molecule has 0 unspecified atom stereocenters. The molecular weight excluding hydrogens is 322 g/mol. The van der Waals surface area contributed by atoms with Crippen molar-refractivity contribution in [1.29, 1.82) is 0 Å². The number of ether oxygens (including phenoxy) is 1. The van der Waals surface area contributed by atoms with Crippen molar-refractivity contribution in [2.24, 2.45) is 0 Å². The molecule has 0 aromatic heterocycles. The Morgan fingerprint density at radius 3 is 2.56 bits per heavy atom. The monoisotopic (exact) mass is 347 g/mol. The molecule has 1 aliphatic heterocycles. The van der Waals surface area contributed by atoms with E-state index in [0.717, 1.165) is 19.6 Å². The maximum Gasteiger partial charge on any atom is 0.243 e. The predicted octanol–water partition coefficient (Wildman–Crippen LogP) is 1.01. The molecule has 0 atom stereocenters. The summed E-state index contributed by atoms with van der Waals surface area (Å²) in [4.78, 5) is 39.2. The molecule has 1 aromatic carbocycles. The number of anilines is 1. The lowest BCUT2D eigenvalue weighted by atomic mass is 10.1. The minimum atomic E-state index is -0.280. The molecule has 25 heavy (non-hydrogen) atoms. The molecule has 0 radical (unpaired) electrons. The zero-order valence-corrected chi connectivity index (χ0v) is 14.8. The minimum absolute atomic E-state index is 0.00995. The molecule has 1 N–H and O–H groups in total. The fourth-order valence-electron chi connectivity index (χ4n) is 2.62. The number of nitrogens with zero attached hydrogens (tertiary/aromatic N) is 2. The molecule has 2 rings (SSSR count). The Balaban J connectivity index is 1.87. The van der Waals surface area contributed by atoms with Crippen molar-refractivity contribution in [2.45, 2.75) is 13.8 Å². The van der Waals surface area contributed by atoms with Crippen LogP contribution in [0, 0.1) is 0 Å². The van der Waals surface area contributed by atoms with Gasteiger partial charge in [-0.25, -0.2) is 0 Å². The van der Waals surface area contributed by atoms with Gasteiger partial charge in [0.15, 0.2) is 5.78 Å². The quantitative estimate of drug-likeness (QED) is 0.745. The molecule has 7 nitrogen and oxygen atoms in total. The van der Waals surface area contributed by atoms with E-state index in [1.165, 1.54) is 18.7 Å². The highest BCUT2D eigenvalue weighted by Gasteiger charge is 2.17. The van der Waals surface area contributed by atoms with Crippen LogP contribution in [0.1, 0.15) is 24.2 Å². The van der Waals surface area contributed by atoms with Crippen molar-refractivity contribution in [1.82, 2.24) is 9.80 Å². The van der Waals surface area contributed by atoms with Crippen molar-refractivity contribution < 1.29 is 19.1 Å². The van der Waals surface area contributed by atoms with Crippen LogP contribution in [0.15, 0.2) is 24.3 Å². The first-order valence-electron chi connectivity index (χ1n) is 8.42. The number of nitrogens with one attached hydrogen (secondary N) is 1. The summed E-state index contributed by atoms with van der Waals surface area (Å²) >= 11 is 0. The van der Waals surface area contributed by atoms with Crippen molar-refractivity contribution in [3.05, 3.63) is 29.8 Å². The van der Waals surface area contributed by atoms with Gasteiger partial charge >= 0.3 is 0 Å². The molecule has 0 bridgehead atoms. The van der Waals surface area contributed by atoms with E-state index < -0.39 is 0 Å². The molecule has 1 saturated heterocycles. The average molecular weight is 347 g/mol. The first-order chi connectivity index (χ1) is 12.0. The van der Waals surface area contributed by atoms with E-state index in [1.807, 2.05) is 0 Å². The normalized spacial score (nSPS) is 14.8. The van der Waals surface area contributed by atoms with Crippen LogP contribution >= 0.6 is 0 Å². The summed E-state index contributed by atoms with van der Waals surface area (Å²) < 4.78 is 5.30. The molecule has 2 amide bonds. The van der Waals surface area contributed by atoms with E-state index in [-0.39, 0.29) is 24.1 Å². The highest BCUT2D eigenvalue weighted by molar-refractivity contribution is 5.98. The maximum absolute atomic E-state index is 12.2. The predicted molar refractivity (Wildman–Crippen MR) is 94.6 cm³/mol. The second kappa shape index (κ2) is 9.29. The second-order valence-corrected chi connectivity index (χ2v) is 6.08. The van der Waals surface area contributed by atoms with Crippen LogP contribution in [0.25, 0.3) is 0 Å². The largest absolute Gasteiger partial charge is 0.379 e. The number of Topliss-reactive ketones (excluding diaryl/α,β-unsaturated/α-hetero) is 1. The van der Waals surface area contributed by atoms with Crippen LogP contribution < -0.4 is 5.32 Å². The zero-order chi connectivity index (χ0) is 18.2. The Bertz CT molecular complexity index is 627. The van der Waals surface area contributed by atoms with Crippen LogP contribution in [-0.2, 0) is 14.3 Å². The summed E-state index contributed by atoms with van der Waals surface area (Å²) in [5, 5.41) is 2.74. The molecule has 1 aromatic rings. The van der Waals surface area contributed by atoms with Gasteiger partial charge in [0.1, 0.15) is 0 Å². The van der Waals surface area contributed by atoms with Gasteiger partial charge in [-0.15, -0.1) is 0 Å². The molecule has 1 aliphatic rings. The van der Waals surface area contributed by atoms with Crippen LogP contribution in [0.3, 0.4) is 0 Å². The second-order valence-electron chi connectivity index (χ2n) is 6.08. The number of carbonyl (C=O) groups excluding carboxylic acids is 3. The van der Waals surface area contributed by atoms with Gasteiger partial charge in [-0.1, -0.05) is 12.1 Å². The first kappa shape index (κ1) is 19.1. The van der Waals surface area contributed by atoms with Gasteiger partial charge in [0.2, 0.25) is 11.8 Å². The van der Waals surface area contributed by atoms with Gasteiger partial charge in [-0.2, -0.15) is 0 Å². The van der Waals surface area contributed by atoms with Crippen LogP contribution in [0.4, 0.5) is 5.69 Å². The van der Waals surface area contributed by atoms with Gasteiger partial charge in [0.25, 0.3) is 0 Å². The third-order valence-corrected chi connectivity index (χ3v) is 4.12. The number of hydrogen-bond donors (Lipinski definition) is 1. The summed E-state index contributed by atoms with van der Waals surface area (Å²) in [5.74, 6) is -0.481. The third kappa shape index (κ3) is 6.28. The standard InChI is InChI=1S/C18H25N3O4/c1-14(22)16-4-3-5-17(12-16)19-18(24)13-21(15(2)23)7-6-20-8-10-25-11-9-20/h3-5,12H,6-11,13H2,1-2H3,(H,19,24). The summed E-state index contributed by atoms with van der Waals surface area (Å²) in [6.07, 6.45) is 0. The topological polar surface area (TPSA) is 79.0 Å². The number of rotatable bonds is 7. The molecule has 1 fully saturated rings. The molecule has 0 saturated carbocycles. The molecule has 136 valence electrons. The SMILES string of the molecule is CC(=O)c1cccc(NC(=O)CN(CCN2CCOCC2)C(C)=O)c1. The van der Waals surface area contributed by atoms with Crippen LogP contribution in [0.5, 0.6) is 0 Å². The Kier molecular flexibility index (Phi) is 7.09. The van der Waals surface area contributed by atoms with Gasteiger partial charge in [0.05, 0.1) is 19.8 Å². The summed E-state index contributed by atoms with van der Waals surface area (Å²) in [5.41, 5.74) is 1.09. The lowest BCUT2D eigenvalue weighted by Crippen LogP contribution is -2.44. The van der Waals surface area contributed by atoms with Crippen molar-refractivity contribution in [2.75, 3.05) is 51.3 Å². The fraction of sp³-hybridized carbons (Fsp3) is 0.500. The van der Waals surface area contributed by atoms with Crippen molar-refractivity contribution in [3.8, 4) is 0 Å². The molecule has 0 aliphatic carbocycles. The van der Waals surface area contributed by atoms with Crippen LogP contribution in [-0.4, -0.2) is 73.3 Å². The molecule has 1 heterocycles. The van der Waals surface area contributed by atoms with Gasteiger partial charge in [-0.05, 0) is 19.1 Å². The van der Waals surface area contributed by atoms with Gasteiger partial charge in [0, 0.05) is 44.4 Å². The smallest absolute Gasteiger partial charge is 0.243 e. The number of amides is 2. The van der Waals surface area contributed by atoms with Gasteiger partial charge in [-0.3, -0.25) is 19.3 Å². The highest BCUT2D eigenvalue weighted by atomic mass is 16.5. The van der Waals surface area contributed by atoms with E-state index in [2.05, 4.69) is 10.2 Å². The fourth-order valence-corrected chi connectivity index (χ4v) is 2.62. The van der Waals surface area contributed by atoms with Crippen molar-refractivity contribution >= 4 is 23.3 Å². The average Bonchev–Trinajstić information content (AvgIpc) is 2.59. The number of ketones is 1. The Morgan fingerprint density at radius 1 is 1.20 bits per heavy atom. The number of benzene rings is 1. The first-order valence-corrected chi connectivity index (χ1v) is 8.42. The number of carbonyl (C=O) groups is 3.